The zero-order valence-corrected chi connectivity index (χ0v) is 11.0. The summed E-state index contributed by atoms with van der Waals surface area (Å²) in [6.07, 6.45) is 1.88. The molecule has 18 heavy (non-hydrogen) atoms. The summed E-state index contributed by atoms with van der Waals surface area (Å²) < 4.78 is 5.69. The Morgan fingerprint density at radius 1 is 1.22 bits per heavy atom. The monoisotopic (exact) mass is 242 g/mol. The van der Waals surface area contributed by atoms with Gasteiger partial charge < -0.3 is 10.5 Å². The van der Waals surface area contributed by atoms with Crippen LogP contribution in [0, 0.1) is 6.92 Å². The fraction of sp³-hybridized carbons (Fsp3) is 0.267. The Morgan fingerprint density at radius 3 is 2.67 bits per heavy atom. The van der Waals surface area contributed by atoms with Crippen molar-refractivity contribution in [3.05, 3.63) is 42.1 Å². The van der Waals surface area contributed by atoms with E-state index in [1.165, 1.54) is 0 Å². The highest BCUT2D eigenvalue weighted by atomic mass is 16.5. The SMILES string of the molecule is Cc1ccnc(N)c1-c1cccc(OC(C)C)c1. The van der Waals surface area contributed by atoms with E-state index >= 15 is 0 Å². The van der Waals surface area contributed by atoms with E-state index in [1.54, 1.807) is 6.20 Å². The Balaban J connectivity index is 2.45. The smallest absolute Gasteiger partial charge is 0.131 e. The lowest BCUT2D eigenvalue weighted by Gasteiger charge is -2.13. The molecule has 1 aromatic carbocycles. The molecule has 0 saturated heterocycles. The lowest BCUT2D eigenvalue weighted by Crippen LogP contribution is -2.05. The highest BCUT2D eigenvalue weighted by Gasteiger charge is 2.08. The quantitative estimate of drug-likeness (QED) is 0.897. The first-order valence-corrected chi connectivity index (χ1v) is 6.06. The van der Waals surface area contributed by atoms with Gasteiger partial charge in [0.25, 0.3) is 0 Å². The summed E-state index contributed by atoms with van der Waals surface area (Å²) in [6, 6.07) is 9.90. The van der Waals surface area contributed by atoms with Gasteiger partial charge in [0.2, 0.25) is 0 Å². The molecule has 0 bridgehead atoms. The number of hydrogen-bond donors (Lipinski definition) is 1. The highest BCUT2D eigenvalue weighted by molar-refractivity contribution is 5.77. The van der Waals surface area contributed by atoms with Crippen LogP contribution in [0.2, 0.25) is 0 Å². The molecule has 0 radical (unpaired) electrons. The van der Waals surface area contributed by atoms with Crippen LogP contribution in [0.5, 0.6) is 5.75 Å². The summed E-state index contributed by atoms with van der Waals surface area (Å²) in [5.41, 5.74) is 9.08. The molecule has 0 aliphatic heterocycles. The van der Waals surface area contributed by atoms with Gasteiger partial charge in [-0.15, -0.1) is 0 Å². The number of aromatic nitrogens is 1. The number of aryl methyl sites for hydroxylation is 1. The first kappa shape index (κ1) is 12.4. The van der Waals surface area contributed by atoms with Crippen molar-refractivity contribution in [2.24, 2.45) is 0 Å². The van der Waals surface area contributed by atoms with Crippen LogP contribution in [0.25, 0.3) is 11.1 Å². The lowest BCUT2D eigenvalue weighted by molar-refractivity contribution is 0.242. The molecule has 2 rings (SSSR count). The summed E-state index contributed by atoms with van der Waals surface area (Å²) in [4.78, 5) is 4.14. The maximum Gasteiger partial charge on any atom is 0.131 e. The van der Waals surface area contributed by atoms with Gasteiger partial charge in [-0.2, -0.15) is 0 Å². The van der Waals surface area contributed by atoms with Crippen LogP contribution in [0.15, 0.2) is 36.5 Å². The molecule has 0 atom stereocenters. The van der Waals surface area contributed by atoms with Crippen molar-refractivity contribution in [3.8, 4) is 16.9 Å². The topological polar surface area (TPSA) is 48.1 Å². The van der Waals surface area contributed by atoms with Crippen molar-refractivity contribution >= 4 is 5.82 Å². The Labute approximate surface area is 108 Å². The molecule has 1 aromatic heterocycles. The Bertz CT molecular complexity index is 530. The molecule has 0 saturated carbocycles. The van der Waals surface area contributed by atoms with Gasteiger partial charge in [-0.25, -0.2) is 4.98 Å². The zero-order chi connectivity index (χ0) is 13.1. The minimum Gasteiger partial charge on any atom is -0.491 e. The molecule has 0 aliphatic rings. The number of anilines is 1. The summed E-state index contributed by atoms with van der Waals surface area (Å²) in [5, 5.41) is 0. The van der Waals surface area contributed by atoms with Gasteiger partial charge in [0.1, 0.15) is 11.6 Å². The van der Waals surface area contributed by atoms with Crippen LogP contribution < -0.4 is 10.5 Å². The van der Waals surface area contributed by atoms with Crippen LogP contribution in [0.1, 0.15) is 19.4 Å². The second-order valence-corrected chi connectivity index (χ2v) is 4.58. The van der Waals surface area contributed by atoms with E-state index in [0.29, 0.717) is 5.82 Å². The third-order valence-corrected chi connectivity index (χ3v) is 2.68. The van der Waals surface area contributed by atoms with Crippen molar-refractivity contribution in [2.45, 2.75) is 26.9 Å². The predicted molar refractivity (Wildman–Crippen MR) is 74.6 cm³/mol. The van der Waals surface area contributed by atoms with E-state index in [0.717, 1.165) is 22.4 Å². The fourth-order valence-corrected chi connectivity index (χ4v) is 1.95. The number of pyridine rings is 1. The van der Waals surface area contributed by atoms with E-state index in [2.05, 4.69) is 4.98 Å². The Morgan fingerprint density at radius 2 is 2.00 bits per heavy atom. The van der Waals surface area contributed by atoms with Crippen molar-refractivity contribution in [1.29, 1.82) is 0 Å². The molecule has 3 heteroatoms. The number of ether oxygens (including phenoxy) is 1. The maximum atomic E-state index is 5.95. The van der Waals surface area contributed by atoms with Crippen LogP contribution in [0.4, 0.5) is 5.82 Å². The van der Waals surface area contributed by atoms with E-state index in [9.17, 15) is 0 Å². The third kappa shape index (κ3) is 2.62. The second-order valence-electron chi connectivity index (χ2n) is 4.58. The maximum absolute atomic E-state index is 5.95. The molecule has 0 amide bonds. The van der Waals surface area contributed by atoms with Crippen LogP contribution >= 0.6 is 0 Å². The van der Waals surface area contributed by atoms with E-state index in [4.69, 9.17) is 10.5 Å². The fourth-order valence-electron chi connectivity index (χ4n) is 1.95. The van der Waals surface area contributed by atoms with Crippen molar-refractivity contribution < 1.29 is 4.74 Å². The standard InChI is InChI=1S/C15H18N2O/c1-10(2)18-13-6-4-5-12(9-13)14-11(3)7-8-17-15(14)16/h4-10H,1-3H3,(H2,16,17). The second kappa shape index (κ2) is 5.08. The van der Waals surface area contributed by atoms with Gasteiger partial charge in [-0.1, -0.05) is 12.1 Å². The van der Waals surface area contributed by atoms with Crippen molar-refractivity contribution in [2.75, 3.05) is 5.73 Å². The number of nitrogen functional groups attached to an aromatic ring is 1. The molecule has 2 N–H and O–H groups in total. The van der Waals surface area contributed by atoms with E-state index < -0.39 is 0 Å². The summed E-state index contributed by atoms with van der Waals surface area (Å²) in [6.45, 7) is 6.05. The first-order valence-electron chi connectivity index (χ1n) is 6.06. The summed E-state index contributed by atoms with van der Waals surface area (Å²) in [5.74, 6) is 1.40. The lowest BCUT2D eigenvalue weighted by atomic mass is 10.0. The normalized spacial score (nSPS) is 10.7. The average Bonchev–Trinajstić information content (AvgIpc) is 2.28. The predicted octanol–water partition coefficient (Wildman–Crippen LogP) is 3.43. The van der Waals surface area contributed by atoms with Crippen LogP contribution in [-0.4, -0.2) is 11.1 Å². The Hall–Kier alpha value is -2.03. The Kier molecular flexibility index (Phi) is 3.51. The molecule has 3 nitrogen and oxygen atoms in total. The zero-order valence-electron chi connectivity index (χ0n) is 11.0. The number of nitrogens with zero attached hydrogens (tertiary/aromatic N) is 1. The number of rotatable bonds is 3. The molecule has 0 aliphatic carbocycles. The van der Waals surface area contributed by atoms with Gasteiger partial charge >= 0.3 is 0 Å². The summed E-state index contributed by atoms with van der Waals surface area (Å²) >= 11 is 0. The van der Waals surface area contributed by atoms with Gasteiger partial charge in [0.05, 0.1) is 6.10 Å². The highest BCUT2D eigenvalue weighted by Crippen LogP contribution is 2.30. The molecular formula is C15H18N2O. The molecule has 94 valence electrons. The summed E-state index contributed by atoms with van der Waals surface area (Å²) in [7, 11) is 0. The van der Waals surface area contributed by atoms with Crippen molar-refractivity contribution in [3.63, 3.8) is 0 Å². The minimum absolute atomic E-state index is 0.160. The largest absolute Gasteiger partial charge is 0.491 e. The van der Waals surface area contributed by atoms with E-state index in [-0.39, 0.29) is 6.10 Å². The average molecular weight is 242 g/mol. The van der Waals surface area contributed by atoms with E-state index in [1.807, 2.05) is 51.1 Å². The number of benzene rings is 1. The third-order valence-electron chi connectivity index (χ3n) is 2.68. The van der Waals surface area contributed by atoms with Gasteiger partial charge in [0.15, 0.2) is 0 Å². The van der Waals surface area contributed by atoms with Gasteiger partial charge in [-0.3, -0.25) is 0 Å². The van der Waals surface area contributed by atoms with Crippen molar-refractivity contribution in [1.82, 2.24) is 4.98 Å². The molecule has 0 spiro atoms. The number of nitrogens with two attached hydrogens (primary N) is 1. The number of hydrogen-bond acceptors (Lipinski definition) is 3. The molecule has 0 fully saturated rings. The van der Waals surface area contributed by atoms with Crippen LogP contribution in [-0.2, 0) is 0 Å². The minimum atomic E-state index is 0.160. The molecule has 0 unspecified atom stereocenters. The van der Waals surface area contributed by atoms with Gasteiger partial charge in [-0.05, 0) is 50.1 Å². The van der Waals surface area contributed by atoms with Crippen LogP contribution in [0.3, 0.4) is 0 Å². The molecular weight excluding hydrogens is 224 g/mol. The molecule has 2 aromatic rings. The van der Waals surface area contributed by atoms with Gasteiger partial charge in [0, 0.05) is 11.8 Å². The first-order chi connectivity index (χ1) is 8.58. The molecule has 1 heterocycles.